The molecule has 0 aliphatic carbocycles. The summed E-state index contributed by atoms with van der Waals surface area (Å²) in [6.07, 6.45) is 1.09. The number of fused-ring (bicyclic) bond motifs is 1. The number of sulfonamides is 1. The first-order valence-corrected chi connectivity index (χ1v) is 15.7. The topological polar surface area (TPSA) is 105 Å². The molecule has 224 valence electrons. The lowest BCUT2D eigenvalue weighted by Crippen LogP contribution is -2.53. The van der Waals surface area contributed by atoms with Crippen LogP contribution in [0.2, 0.25) is 0 Å². The van der Waals surface area contributed by atoms with E-state index in [1.165, 1.54) is 17.0 Å². The van der Waals surface area contributed by atoms with E-state index in [0.29, 0.717) is 31.1 Å². The van der Waals surface area contributed by atoms with Gasteiger partial charge in [-0.3, -0.25) is 13.9 Å². The average molecular weight is 594 g/mol. The molecule has 0 saturated heterocycles. The highest BCUT2D eigenvalue weighted by Crippen LogP contribution is 2.36. The second kappa shape index (κ2) is 13.7. The SMILES string of the molecule is CC[C@H](C)NC(=O)[C@H](CC)N(Cc1ccccc1C)C(=O)CN(c1ccc2c(c1)OCCO2)S(=O)(=O)c1ccccc1. The Morgan fingerprint density at radius 2 is 1.57 bits per heavy atom. The van der Waals surface area contributed by atoms with Crippen molar-refractivity contribution in [3.8, 4) is 11.5 Å². The van der Waals surface area contributed by atoms with Crippen molar-refractivity contribution in [2.24, 2.45) is 0 Å². The molecule has 0 unspecified atom stereocenters. The van der Waals surface area contributed by atoms with Crippen LogP contribution in [0.1, 0.15) is 44.7 Å². The fourth-order valence-electron chi connectivity index (χ4n) is 4.77. The van der Waals surface area contributed by atoms with E-state index in [9.17, 15) is 18.0 Å². The quantitative estimate of drug-likeness (QED) is 0.327. The Hall–Kier alpha value is -4.05. The third-order valence-electron chi connectivity index (χ3n) is 7.41. The molecule has 42 heavy (non-hydrogen) atoms. The maximum Gasteiger partial charge on any atom is 0.264 e. The van der Waals surface area contributed by atoms with Crippen molar-refractivity contribution in [1.82, 2.24) is 10.2 Å². The summed E-state index contributed by atoms with van der Waals surface area (Å²) < 4.78 is 40.5. The van der Waals surface area contributed by atoms with Gasteiger partial charge in [-0.25, -0.2) is 8.42 Å². The Kier molecular flexibility index (Phi) is 10.1. The van der Waals surface area contributed by atoms with Crippen LogP contribution in [0.15, 0.2) is 77.7 Å². The van der Waals surface area contributed by atoms with Gasteiger partial charge in [-0.15, -0.1) is 0 Å². The zero-order valence-electron chi connectivity index (χ0n) is 24.6. The first-order chi connectivity index (χ1) is 20.1. The molecule has 0 saturated carbocycles. The van der Waals surface area contributed by atoms with E-state index in [1.807, 2.05) is 52.0 Å². The predicted molar refractivity (Wildman–Crippen MR) is 162 cm³/mol. The summed E-state index contributed by atoms with van der Waals surface area (Å²) in [5.74, 6) is 0.127. The van der Waals surface area contributed by atoms with Gasteiger partial charge in [0.2, 0.25) is 11.8 Å². The van der Waals surface area contributed by atoms with E-state index in [0.717, 1.165) is 21.9 Å². The number of ether oxygens (including phenoxy) is 2. The molecular formula is C32H39N3O6S. The molecule has 3 aromatic rings. The third kappa shape index (κ3) is 7.05. The van der Waals surface area contributed by atoms with Crippen molar-refractivity contribution < 1.29 is 27.5 Å². The first-order valence-electron chi connectivity index (χ1n) is 14.3. The number of amides is 2. The van der Waals surface area contributed by atoms with Crippen molar-refractivity contribution in [2.45, 2.75) is 64.1 Å². The van der Waals surface area contributed by atoms with Crippen LogP contribution < -0.4 is 19.1 Å². The Morgan fingerprint density at radius 1 is 0.905 bits per heavy atom. The van der Waals surface area contributed by atoms with E-state index in [1.54, 1.807) is 36.4 Å². The normalized spacial score (nSPS) is 14.0. The van der Waals surface area contributed by atoms with Crippen LogP contribution in [0.3, 0.4) is 0 Å². The molecule has 3 aromatic carbocycles. The zero-order valence-corrected chi connectivity index (χ0v) is 25.4. The minimum absolute atomic E-state index is 0.0414. The van der Waals surface area contributed by atoms with E-state index >= 15 is 0 Å². The van der Waals surface area contributed by atoms with Gasteiger partial charge in [0.25, 0.3) is 10.0 Å². The first kappa shape index (κ1) is 30.9. The van der Waals surface area contributed by atoms with Crippen molar-refractivity contribution in [3.63, 3.8) is 0 Å². The second-order valence-corrected chi connectivity index (χ2v) is 12.2. The number of nitrogens with zero attached hydrogens (tertiary/aromatic N) is 2. The molecule has 1 heterocycles. The molecule has 2 amide bonds. The fourth-order valence-corrected chi connectivity index (χ4v) is 6.19. The van der Waals surface area contributed by atoms with Gasteiger partial charge in [-0.05, 0) is 62.1 Å². The van der Waals surface area contributed by atoms with Crippen molar-refractivity contribution in [2.75, 3.05) is 24.1 Å². The molecule has 10 heteroatoms. The Balaban J connectivity index is 1.76. The predicted octanol–water partition coefficient (Wildman–Crippen LogP) is 4.68. The van der Waals surface area contributed by atoms with E-state index < -0.39 is 28.5 Å². The van der Waals surface area contributed by atoms with E-state index in [-0.39, 0.29) is 29.1 Å². The van der Waals surface area contributed by atoms with Crippen LogP contribution in [0.25, 0.3) is 0 Å². The fraction of sp³-hybridized carbons (Fsp3) is 0.375. The molecule has 0 spiro atoms. The van der Waals surface area contributed by atoms with Gasteiger partial charge in [0.15, 0.2) is 11.5 Å². The number of nitrogens with one attached hydrogen (secondary N) is 1. The molecule has 0 fully saturated rings. The summed E-state index contributed by atoms with van der Waals surface area (Å²) in [7, 11) is -4.18. The highest BCUT2D eigenvalue weighted by atomic mass is 32.2. The molecule has 4 rings (SSSR count). The molecule has 0 radical (unpaired) electrons. The molecule has 1 N–H and O–H groups in total. The van der Waals surface area contributed by atoms with Crippen LogP contribution in [0.4, 0.5) is 5.69 Å². The monoisotopic (exact) mass is 593 g/mol. The average Bonchev–Trinajstić information content (AvgIpc) is 3.00. The molecule has 9 nitrogen and oxygen atoms in total. The van der Waals surface area contributed by atoms with Gasteiger partial charge in [0.1, 0.15) is 25.8 Å². The lowest BCUT2D eigenvalue weighted by molar-refractivity contribution is -0.140. The minimum Gasteiger partial charge on any atom is -0.486 e. The summed E-state index contributed by atoms with van der Waals surface area (Å²) in [6, 6.07) is 19.6. The van der Waals surface area contributed by atoms with Gasteiger partial charge in [-0.1, -0.05) is 56.3 Å². The Labute approximate surface area is 248 Å². The molecule has 2 atom stereocenters. The van der Waals surface area contributed by atoms with Crippen molar-refractivity contribution in [3.05, 3.63) is 83.9 Å². The summed E-state index contributed by atoms with van der Waals surface area (Å²) >= 11 is 0. The number of benzene rings is 3. The number of anilines is 1. The minimum atomic E-state index is -4.18. The van der Waals surface area contributed by atoms with Crippen LogP contribution in [0, 0.1) is 6.92 Å². The summed E-state index contributed by atoms with van der Waals surface area (Å²) in [4.78, 5) is 29.2. The van der Waals surface area contributed by atoms with Gasteiger partial charge < -0.3 is 19.7 Å². The van der Waals surface area contributed by atoms with Crippen molar-refractivity contribution >= 4 is 27.5 Å². The van der Waals surface area contributed by atoms with E-state index in [2.05, 4.69) is 5.32 Å². The number of hydrogen-bond acceptors (Lipinski definition) is 6. The van der Waals surface area contributed by atoms with Gasteiger partial charge >= 0.3 is 0 Å². The van der Waals surface area contributed by atoms with Gasteiger partial charge in [0, 0.05) is 18.7 Å². The van der Waals surface area contributed by atoms with Crippen molar-refractivity contribution in [1.29, 1.82) is 0 Å². The summed E-state index contributed by atoms with van der Waals surface area (Å²) in [5.41, 5.74) is 2.09. The maximum atomic E-state index is 14.3. The number of hydrogen-bond donors (Lipinski definition) is 1. The number of carbonyl (C=O) groups is 2. The number of aryl methyl sites for hydroxylation is 1. The smallest absolute Gasteiger partial charge is 0.264 e. The van der Waals surface area contributed by atoms with Gasteiger partial charge in [0.05, 0.1) is 10.6 Å². The summed E-state index contributed by atoms with van der Waals surface area (Å²) in [5, 5.41) is 3.00. The molecule has 1 aliphatic rings. The van der Waals surface area contributed by atoms with Crippen LogP contribution in [-0.4, -0.2) is 57.0 Å². The molecule has 0 bridgehead atoms. The highest BCUT2D eigenvalue weighted by Gasteiger charge is 2.34. The van der Waals surface area contributed by atoms with E-state index in [4.69, 9.17) is 9.47 Å². The standard InChI is InChI=1S/C32H39N3O6S/c1-5-24(4)33-32(37)28(6-2)34(21-25-13-11-10-12-23(25)3)31(36)22-35(42(38,39)27-14-8-7-9-15-27)26-16-17-29-30(20-26)41-19-18-40-29/h7-17,20,24,28H,5-6,18-19,21-22H2,1-4H3,(H,33,37)/t24-,28-/m0/s1. The highest BCUT2D eigenvalue weighted by molar-refractivity contribution is 7.92. The zero-order chi connectivity index (χ0) is 30.3. The third-order valence-corrected chi connectivity index (χ3v) is 9.20. The Morgan fingerprint density at radius 3 is 2.24 bits per heavy atom. The van der Waals surface area contributed by atoms with Crippen LogP contribution >= 0.6 is 0 Å². The number of rotatable bonds is 12. The van der Waals surface area contributed by atoms with Crippen LogP contribution in [0.5, 0.6) is 11.5 Å². The second-order valence-electron chi connectivity index (χ2n) is 10.3. The molecular weight excluding hydrogens is 554 g/mol. The lowest BCUT2D eigenvalue weighted by Gasteiger charge is -2.34. The number of carbonyl (C=O) groups excluding carboxylic acids is 2. The molecule has 0 aromatic heterocycles. The maximum absolute atomic E-state index is 14.3. The Bertz CT molecular complexity index is 1500. The van der Waals surface area contributed by atoms with Gasteiger partial charge in [-0.2, -0.15) is 0 Å². The van der Waals surface area contributed by atoms with Crippen LogP contribution in [-0.2, 0) is 26.2 Å². The lowest BCUT2D eigenvalue weighted by atomic mass is 10.1. The molecule has 1 aliphatic heterocycles. The largest absolute Gasteiger partial charge is 0.486 e. The summed E-state index contributed by atoms with van der Waals surface area (Å²) in [6.45, 7) is 8.03.